The first kappa shape index (κ1) is 12.9. The molecule has 0 radical (unpaired) electrons. The van der Waals surface area contributed by atoms with Crippen LogP contribution in [-0.2, 0) is 0 Å². The highest BCUT2D eigenvalue weighted by Gasteiger charge is 2.14. The van der Waals surface area contributed by atoms with Gasteiger partial charge in [0.25, 0.3) is 0 Å². The van der Waals surface area contributed by atoms with Crippen molar-refractivity contribution in [2.24, 2.45) is 0 Å². The summed E-state index contributed by atoms with van der Waals surface area (Å²) in [5.41, 5.74) is 2.73. The van der Waals surface area contributed by atoms with Crippen molar-refractivity contribution in [2.45, 2.75) is 0 Å². The third-order valence-corrected chi connectivity index (χ3v) is 3.67. The lowest BCUT2D eigenvalue weighted by Gasteiger charge is -2.10. The number of hydrogen-bond acceptors (Lipinski definition) is 4. The molecule has 100 valence electrons. The first-order valence-electron chi connectivity index (χ1n) is 6.13. The summed E-state index contributed by atoms with van der Waals surface area (Å²) in [5.74, 6) is 1.38. The molecular weight excluding hydrogens is 318 g/mol. The van der Waals surface area contributed by atoms with Crippen LogP contribution in [0.2, 0.25) is 0 Å². The Balaban J connectivity index is 2.21. The van der Waals surface area contributed by atoms with Crippen molar-refractivity contribution in [3.63, 3.8) is 0 Å². The Morgan fingerprint density at radius 1 is 1.05 bits per heavy atom. The zero-order valence-electron chi connectivity index (χ0n) is 10.8. The lowest BCUT2D eigenvalue weighted by molar-refractivity contribution is 0.568. The fourth-order valence-electron chi connectivity index (χ4n) is 1.92. The molecule has 0 spiro atoms. The fraction of sp³-hybridized carbons (Fsp3) is 0.0667. The number of rotatable bonds is 3. The lowest BCUT2D eigenvalue weighted by atomic mass is 10.1. The van der Waals surface area contributed by atoms with Crippen molar-refractivity contribution < 1.29 is 4.42 Å². The standard InChI is InChI=1S/C15H12BrN3O/c1-17-15-12(16)13(10-5-3-2-4-6-10)18-14(19-15)11-7-8-20-9-11/h2-9H,1H3,(H,17,18,19). The zero-order chi connectivity index (χ0) is 13.9. The smallest absolute Gasteiger partial charge is 0.165 e. The van der Waals surface area contributed by atoms with Crippen LogP contribution in [0.25, 0.3) is 22.6 Å². The van der Waals surface area contributed by atoms with Crippen molar-refractivity contribution in [3.05, 3.63) is 53.4 Å². The van der Waals surface area contributed by atoms with Gasteiger partial charge in [0.1, 0.15) is 12.1 Å². The quantitative estimate of drug-likeness (QED) is 0.782. The largest absolute Gasteiger partial charge is 0.472 e. The van der Waals surface area contributed by atoms with E-state index in [-0.39, 0.29) is 0 Å². The molecule has 1 aromatic carbocycles. The lowest BCUT2D eigenvalue weighted by Crippen LogP contribution is -2.00. The van der Waals surface area contributed by atoms with Crippen molar-refractivity contribution in [2.75, 3.05) is 12.4 Å². The number of aromatic nitrogens is 2. The van der Waals surface area contributed by atoms with E-state index >= 15 is 0 Å². The Labute approximate surface area is 125 Å². The fourth-order valence-corrected chi connectivity index (χ4v) is 2.53. The average Bonchev–Trinajstić information content (AvgIpc) is 3.03. The highest BCUT2D eigenvalue weighted by molar-refractivity contribution is 9.10. The molecular formula is C15H12BrN3O. The predicted molar refractivity (Wildman–Crippen MR) is 82.4 cm³/mol. The van der Waals surface area contributed by atoms with E-state index in [1.54, 1.807) is 12.5 Å². The van der Waals surface area contributed by atoms with Gasteiger partial charge >= 0.3 is 0 Å². The number of furan rings is 1. The third kappa shape index (κ3) is 2.32. The van der Waals surface area contributed by atoms with Gasteiger partial charge in [0.15, 0.2) is 5.82 Å². The molecule has 4 nitrogen and oxygen atoms in total. The van der Waals surface area contributed by atoms with E-state index in [9.17, 15) is 0 Å². The van der Waals surface area contributed by atoms with Gasteiger partial charge in [-0.25, -0.2) is 9.97 Å². The molecule has 0 fully saturated rings. The summed E-state index contributed by atoms with van der Waals surface area (Å²) >= 11 is 3.56. The van der Waals surface area contributed by atoms with Crippen LogP contribution in [0.5, 0.6) is 0 Å². The molecule has 0 aliphatic rings. The Bertz CT molecular complexity index is 711. The molecule has 0 saturated heterocycles. The van der Waals surface area contributed by atoms with Crippen LogP contribution in [-0.4, -0.2) is 17.0 Å². The Morgan fingerprint density at radius 3 is 2.50 bits per heavy atom. The second-order valence-electron chi connectivity index (χ2n) is 4.19. The van der Waals surface area contributed by atoms with Gasteiger partial charge in [-0.3, -0.25) is 0 Å². The maximum Gasteiger partial charge on any atom is 0.165 e. The molecule has 0 unspecified atom stereocenters. The SMILES string of the molecule is CNc1nc(-c2ccoc2)nc(-c2ccccc2)c1Br. The van der Waals surface area contributed by atoms with E-state index in [0.29, 0.717) is 5.82 Å². The minimum absolute atomic E-state index is 0.630. The molecule has 2 aromatic heterocycles. The van der Waals surface area contributed by atoms with Gasteiger partial charge in [0.2, 0.25) is 0 Å². The number of benzene rings is 1. The van der Waals surface area contributed by atoms with Crippen LogP contribution >= 0.6 is 15.9 Å². The van der Waals surface area contributed by atoms with E-state index in [1.807, 2.05) is 43.4 Å². The molecule has 0 amide bonds. The highest BCUT2D eigenvalue weighted by atomic mass is 79.9. The predicted octanol–water partition coefficient (Wildman–Crippen LogP) is 4.21. The third-order valence-electron chi connectivity index (χ3n) is 2.91. The first-order valence-corrected chi connectivity index (χ1v) is 6.92. The van der Waals surface area contributed by atoms with E-state index in [0.717, 1.165) is 27.1 Å². The normalized spacial score (nSPS) is 10.5. The zero-order valence-corrected chi connectivity index (χ0v) is 12.4. The van der Waals surface area contributed by atoms with Crippen LogP contribution in [0, 0.1) is 0 Å². The van der Waals surface area contributed by atoms with E-state index < -0.39 is 0 Å². The molecule has 0 atom stereocenters. The van der Waals surface area contributed by atoms with Crippen molar-refractivity contribution >= 4 is 21.7 Å². The average molecular weight is 330 g/mol. The van der Waals surface area contributed by atoms with E-state index in [2.05, 4.69) is 31.2 Å². The van der Waals surface area contributed by atoms with Gasteiger partial charge in [-0.05, 0) is 22.0 Å². The number of anilines is 1. The molecule has 0 saturated carbocycles. The molecule has 20 heavy (non-hydrogen) atoms. The Morgan fingerprint density at radius 2 is 1.85 bits per heavy atom. The summed E-state index contributed by atoms with van der Waals surface area (Å²) in [6.07, 6.45) is 3.25. The summed E-state index contributed by atoms with van der Waals surface area (Å²) in [6, 6.07) is 11.8. The van der Waals surface area contributed by atoms with Gasteiger partial charge in [-0.2, -0.15) is 0 Å². The number of nitrogens with one attached hydrogen (secondary N) is 1. The summed E-state index contributed by atoms with van der Waals surface area (Å²) in [4.78, 5) is 9.13. The molecule has 2 heterocycles. The van der Waals surface area contributed by atoms with E-state index in [4.69, 9.17) is 4.42 Å². The number of nitrogens with zero attached hydrogens (tertiary/aromatic N) is 2. The molecule has 3 rings (SSSR count). The summed E-state index contributed by atoms with van der Waals surface area (Å²) < 4.78 is 5.95. The van der Waals surface area contributed by atoms with E-state index in [1.165, 1.54) is 0 Å². The molecule has 5 heteroatoms. The van der Waals surface area contributed by atoms with Crippen molar-refractivity contribution in [1.29, 1.82) is 0 Å². The van der Waals surface area contributed by atoms with Crippen LogP contribution in [0.4, 0.5) is 5.82 Å². The van der Waals surface area contributed by atoms with Crippen LogP contribution in [0.3, 0.4) is 0 Å². The van der Waals surface area contributed by atoms with Crippen LogP contribution < -0.4 is 5.32 Å². The minimum atomic E-state index is 0.630. The summed E-state index contributed by atoms with van der Waals surface area (Å²) in [7, 11) is 1.83. The molecule has 0 bridgehead atoms. The Kier molecular flexibility index (Phi) is 3.52. The van der Waals surface area contributed by atoms with Crippen molar-refractivity contribution in [3.8, 4) is 22.6 Å². The van der Waals surface area contributed by atoms with Gasteiger partial charge in [0.05, 0.1) is 22.0 Å². The first-order chi connectivity index (χ1) is 9.79. The number of hydrogen-bond donors (Lipinski definition) is 1. The maximum atomic E-state index is 5.11. The van der Waals surface area contributed by atoms with Crippen molar-refractivity contribution in [1.82, 2.24) is 9.97 Å². The maximum absolute atomic E-state index is 5.11. The minimum Gasteiger partial charge on any atom is -0.472 e. The van der Waals surface area contributed by atoms with Crippen LogP contribution in [0.1, 0.15) is 0 Å². The van der Waals surface area contributed by atoms with Gasteiger partial charge in [-0.1, -0.05) is 30.3 Å². The van der Waals surface area contributed by atoms with Crippen LogP contribution in [0.15, 0.2) is 57.8 Å². The monoisotopic (exact) mass is 329 g/mol. The second kappa shape index (κ2) is 5.46. The number of halogens is 1. The molecule has 3 aromatic rings. The molecule has 0 aliphatic heterocycles. The van der Waals surface area contributed by atoms with Gasteiger partial charge in [-0.15, -0.1) is 0 Å². The van der Waals surface area contributed by atoms with Gasteiger partial charge in [0, 0.05) is 12.6 Å². The highest BCUT2D eigenvalue weighted by Crippen LogP contribution is 2.33. The summed E-state index contributed by atoms with van der Waals surface area (Å²) in [6.45, 7) is 0. The molecule has 1 N–H and O–H groups in total. The second-order valence-corrected chi connectivity index (χ2v) is 4.98. The topological polar surface area (TPSA) is 51.0 Å². The Hall–Kier alpha value is -2.14. The molecule has 0 aliphatic carbocycles. The summed E-state index contributed by atoms with van der Waals surface area (Å²) in [5, 5.41) is 3.08. The van der Waals surface area contributed by atoms with Gasteiger partial charge < -0.3 is 9.73 Å².